The van der Waals surface area contributed by atoms with E-state index in [9.17, 15) is 13.2 Å². The molecule has 0 nitrogen and oxygen atoms in total. The third kappa shape index (κ3) is 4.85. The van der Waals surface area contributed by atoms with Crippen molar-refractivity contribution >= 4 is 10.8 Å². The van der Waals surface area contributed by atoms with Crippen LogP contribution in [0.2, 0.25) is 0 Å². The number of rotatable bonds is 2. The molecule has 0 bridgehead atoms. The molecular weight excluding hydrogens is 309 g/mol. The van der Waals surface area contributed by atoms with Gasteiger partial charge in [-0.05, 0) is 41.3 Å². The topological polar surface area (TPSA) is 0 Å². The Morgan fingerprint density at radius 3 is 2.17 bits per heavy atom. The van der Waals surface area contributed by atoms with Gasteiger partial charge in [0.15, 0.2) is 0 Å². The maximum atomic E-state index is 12.2. The summed E-state index contributed by atoms with van der Waals surface area (Å²) >= 11 is 0. The van der Waals surface area contributed by atoms with Crippen LogP contribution in [0.5, 0.6) is 0 Å². The van der Waals surface area contributed by atoms with Crippen LogP contribution in [-0.4, -0.2) is 0 Å². The van der Waals surface area contributed by atoms with Crippen molar-refractivity contribution in [2.24, 2.45) is 0 Å². The second-order valence-corrected chi connectivity index (χ2v) is 5.74. The van der Waals surface area contributed by atoms with Gasteiger partial charge in [-0.1, -0.05) is 74.0 Å². The Kier molecular flexibility index (Phi) is 6.02. The molecule has 0 aliphatic rings. The average molecular weight is 330 g/mol. The normalized spacial score (nSPS) is 11.0. The smallest absolute Gasteiger partial charge is 0.166 e. The lowest BCUT2D eigenvalue weighted by atomic mass is 10.1. The standard InChI is InChI=1S/C11H10.C10H11F3/c1-9-5-4-7-10-6-2-3-8-11(9)10;1-2-4-8-5-3-6-9(7-8)10(11,12)13/h2-8H,1H3;3,5-7H,2,4H2,1H3. The summed E-state index contributed by atoms with van der Waals surface area (Å²) in [6, 6.07) is 20.3. The summed E-state index contributed by atoms with van der Waals surface area (Å²) in [7, 11) is 0. The lowest BCUT2D eigenvalue weighted by Gasteiger charge is -2.07. The molecule has 3 aromatic carbocycles. The van der Waals surface area contributed by atoms with Gasteiger partial charge in [-0.3, -0.25) is 0 Å². The highest BCUT2D eigenvalue weighted by molar-refractivity contribution is 5.85. The quantitative estimate of drug-likeness (QED) is 0.484. The molecule has 0 radical (unpaired) electrons. The van der Waals surface area contributed by atoms with Crippen molar-refractivity contribution in [1.82, 2.24) is 0 Å². The maximum absolute atomic E-state index is 12.2. The molecule has 126 valence electrons. The molecule has 0 saturated heterocycles. The Hall–Kier alpha value is -2.29. The number of aryl methyl sites for hydroxylation is 2. The third-order valence-electron chi connectivity index (χ3n) is 3.80. The van der Waals surface area contributed by atoms with Gasteiger partial charge in [0, 0.05) is 0 Å². The van der Waals surface area contributed by atoms with Gasteiger partial charge >= 0.3 is 6.18 Å². The lowest BCUT2D eigenvalue weighted by molar-refractivity contribution is -0.137. The second kappa shape index (κ2) is 8.00. The van der Waals surface area contributed by atoms with E-state index in [-0.39, 0.29) is 0 Å². The largest absolute Gasteiger partial charge is 0.416 e. The van der Waals surface area contributed by atoms with Crippen LogP contribution in [0.15, 0.2) is 66.7 Å². The molecule has 0 saturated carbocycles. The first kappa shape index (κ1) is 18.1. The molecule has 0 aliphatic carbocycles. The molecular formula is C21H21F3. The molecule has 0 heterocycles. The zero-order valence-corrected chi connectivity index (χ0v) is 13.9. The zero-order chi connectivity index (χ0) is 17.6. The molecule has 0 atom stereocenters. The second-order valence-electron chi connectivity index (χ2n) is 5.74. The number of fused-ring (bicyclic) bond motifs is 1. The first-order valence-electron chi connectivity index (χ1n) is 8.02. The Labute approximate surface area is 140 Å². The van der Waals surface area contributed by atoms with Gasteiger partial charge in [0.25, 0.3) is 0 Å². The van der Waals surface area contributed by atoms with Gasteiger partial charge in [-0.25, -0.2) is 0 Å². The van der Waals surface area contributed by atoms with Crippen molar-refractivity contribution in [2.45, 2.75) is 32.9 Å². The Morgan fingerprint density at radius 1 is 0.833 bits per heavy atom. The van der Waals surface area contributed by atoms with Crippen molar-refractivity contribution in [3.8, 4) is 0 Å². The van der Waals surface area contributed by atoms with E-state index in [1.807, 2.05) is 6.92 Å². The molecule has 3 heteroatoms. The van der Waals surface area contributed by atoms with Crippen LogP contribution in [0.25, 0.3) is 10.8 Å². The number of hydrogen-bond acceptors (Lipinski definition) is 0. The van der Waals surface area contributed by atoms with Crippen molar-refractivity contribution in [3.63, 3.8) is 0 Å². The fourth-order valence-corrected chi connectivity index (χ4v) is 2.58. The first-order chi connectivity index (χ1) is 11.4. The van der Waals surface area contributed by atoms with Gasteiger partial charge in [0.2, 0.25) is 0 Å². The highest BCUT2D eigenvalue weighted by Crippen LogP contribution is 2.29. The van der Waals surface area contributed by atoms with Gasteiger partial charge in [0.05, 0.1) is 5.56 Å². The van der Waals surface area contributed by atoms with Crippen molar-refractivity contribution in [1.29, 1.82) is 0 Å². The summed E-state index contributed by atoms with van der Waals surface area (Å²) < 4.78 is 36.6. The minimum Gasteiger partial charge on any atom is -0.166 e. The van der Waals surface area contributed by atoms with Crippen LogP contribution in [-0.2, 0) is 12.6 Å². The summed E-state index contributed by atoms with van der Waals surface area (Å²) in [6.45, 7) is 4.09. The van der Waals surface area contributed by atoms with E-state index < -0.39 is 11.7 Å². The molecule has 0 aromatic heterocycles. The number of benzene rings is 3. The zero-order valence-electron chi connectivity index (χ0n) is 13.9. The predicted octanol–water partition coefficient (Wildman–Crippen LogP) is 6.81. The molecule has 0 unspecified atom stereocenters. The van der Waals surface area contributed by atoms with Crippen LogP contribution in [0, 0.1) is 6.92 Å². The van der Waals surface area contributed by atoms with E-state index in [1.54, 1.807) is 6.07 Å². The monoisotopic (exact) mass is 330 g/mol. The Morgan fingerprint density at radius 2 is 1.50 bits per heavy atom. The minimum absolute atomic E-state index is 0.557. The van der Waals surface area contributed by atoms with Crippen LogP contribution >= 0.6 is 0 Å². The van der Waals surface area contributed by atoms with E-state index in [2.05, 4.69) is 49.4 Å². The van der Waals surface area contributed by atoms with Crippen molar-refractivity contribution < 1.29 is 13.2 Å². The van der Waals surface area contributed by atoms with E-state index in [0.29, 0.717) is 6.42 Å². The minimum atomic E-state index is -4.22. The predicted molar refractivity (Wildman–Crippen MR) is 94.1 cm³/mol. The summed E-state index contributed by atoms with van der Waals surface area (Å²) in [5.41, 5.74) is 1.54. The molecule has 0 aliphatic heterocycles. The third-order valence-corrected chi connectivity index (χ3v) is 3.80. The average Bonchev–Trinajstić information content (AvgIpc) is 2.56. The molecule has 3 aromatic rings. The highest BCUT2D eigenvalue weighted by Gasteiger charge is 2.30. The lowest BCUT2D eigenvalue weighted by Crippen LogP contribution is -2.05. The number of alkyl halides is 3. The van der Waals surface area contributed by atoms with E-state index >= 15 is 0 Å². The SMILES string of the molecule is CCCc1cccc(C(F)(F)F)c1.Cc1cccc2ccccc12. The summed E-state index contributed by atoms with van der Waals surface area (Å²) in [6.07, 6.45) is -2.66. The van der Waals surface area contributed by atoms with E-state index in [1.165, 1.54) is 28.5 Å². The van der Waals surface area contributed by atoms with Crippen molar-refractivity contribution in [3.05, 3.63) is 83.4 Å². The molecule has 0 amide bonds. The van der Waals surface area contributed by atoms with Crippen molar-refractivity contribution in [2.75, 3.05) is 0 Å². The molecule has 0 fully saturated rings. The van der Waals surface area contributed by atoms with Gasteiger partial charge < -0.3 is 0 Å². The molecule has 3 rings (SSSR count). The van der Waals surface area contributed by atoms with E-state index in [0.717, 1.165) is 18.1 Å². The summed E-state index contributed by atoms with van der Waals surface area (Å²) in [5, 5.41) is 2.68. The van der Waals surface area contributed by atoms with Crippen LogP contribution in [0.3, 0.4) is 0 Å². The van der Waals surface area contributed by atoms with Crippen LogP contribution in [0.4, 0.5) is 13.2 Å². The summed E-state index contributed by atoms with van der Waals surface area (Å²) in [4.78, 5) is 0. The first-order valence-corrected chi connectivity index (χ1v) is 8.02. The maximum Gasteiger partial charge on any atom is 0.416 e. The van der Waals surface area contributed by atoms with E-state index in [4.69, 9.17) is 0 Å². The van der Waals surface area contributed by atoms with Gasteiger partial charge in [-0.2, -0.15) is 13.2 Å². The number of hydrogen-bond donors (Lipinski definition) is 0. The van der Waals surface area contributed by atoms with Crippen LogP contribution in [0.1, 0.15) is 30.0 Å². The number of halogens is 3. The fourth-order valence-electron chi connectivity index (χ4n) is 2.58. The van der Waals surface area contributed by atoms with Gasteiger partial charge in [-0.15, -0.1) is 0 Å². The molecule has 24 heavy (non-hydrogen) atoms. The fraction of sp³-hybridized carbons (Fsp3) is 0.238. The Bertz CT molecular complexity index is 783. The molecule has 0 N–H and O–H groups in total. The van der Waals surface area contributed by atoms with Crippen LogP contribution < -0.4 is 0 Å². The molecule has 0 spiro atoms. The highest BCUT2D eigenvalue weighted by atomic mass is 19.4. The summed E-state index contributed by atoms with van der Waals surface area (Å²) in [5.74, 6) is 0. The van der Waals surface area contributed by atoms with Gasteiger partial charge in [0.1, 0.15) is 0 Å². The Balaban J connectivity index is 0.000000175.